The zero-order valence-corrected chi connectivity index (χ0v) is 13.5. The fourth-order valence-corrected chi connectivity index (χ4v) is 2.59. The molecule has 0 unspecified atom stereocenters. The van der Waals surface area contributed by atoms with Gasteiger partial charge in [-0.2, -0.15) is 0 Å². The number of carboxylic acid groups (broad SMARTS) is 1. The maximum Gasteiger partial charge on any atom is 0.337 e. The lowest BCUT2D eigenvalue weighted by Gasteiger charge is -2.16. The van der Waals surface area contributed by atoms with Gasteiger partial charge in [-0.15, -0.1) is 0 Å². The van der Waals surface area contributed by atoms with Crippen LogP contribution in [-0.2, 0) is 16.0 Å². The lowest BCUT2D eigenvalue weighted by molar-refractivity contribution is -0.140. The molecular formula is C18H16N2O5. The molecule has 0 aliphatic carbocycles. The number of methoxy groups -OCH3 is 1. The summed E-state index contributed by atoms with van der Waals surface area (Å²) in [5.74, 6) is -0.346. The third kappa shape index (κ3) is 3.45. The van der Waals surface area contributed by atoms with E-state index in [2.05, 4.69) is 9.72 Å². The smallest absolute Gasteiger partial charge is 0.337 e. The van der Waals surface area contributed by atoms with Crippen molar-refractivity contribution in [2.45, 2.75) is 12.5 Å². The summed E-state index contributed by atoms with van der Waals surface area (Å²) in [7, 11) is 1.31. The number of hydrogen-bond acceptors (Lipinski definition) is 5. The second kappa shape index (κ2) is 7.04. The first-order valence-corrected chi connectivity index (χ1v) is 7.57. The summed E-state index contributed by atoms with van der Waals surface area (Å²) in [4.78, 5) is 27.5. The molecule has 3 rings (SSSR count). The van der Waals surface area contributed by atoms with Crippen LogP contribution in [0.25, 0.3) is 11.4 Å². The third-order valence-electron chi connectivity index (χ3n) is 3.83. The predicted molar refractivity (Wildman–Crippen MR) is 88.1 cm³/mol. The van der Waals surface area contributed by atoms with Gasteiger partial charge in [0.25, 0.3) is 0 Å². The van der Waals surface area contributed by atoms with Gasteiger partial charge in [0.15, 0.2) is 0 Å². The first-order chi connectivity index (χ1) is 12.1. The normalized spacial score (nSPS) is 11.9. The molecule has 0 fully saturated rings. The molecule has 0 saturated heterocycles. The average molecular weight is 340 g/mol. The van der Waals surface area contributed by atoms with Gasteiger partial charge in [-0.1, -0.05) is 12.1 Å². The summed E-state index contributed by atoms with van der Waals surface area (Å²) in [6, 6.07) is 9.23. The molecule has 3 aromatic rings. The first-order valence-electron chi connectivity index (χ1n) is 7.57. The van der Waals surface area contributed by atoms with Crippen LogP contribution in [0.5, 0.6) is 0 Å². The minimum Gasteiger partial charge on any atom is -0.480 e. The van der Waals surface area contributed by atoms with Gasteiger partial charge in [-0.3, -0.25) is 0 Å². The Kier molecular flexibility index (Phi) is 4.65. The molecule has 0 aliphatic rings. The molecular weight excluding hydrogens is 324 g/mol. The average Bonchev–Trinajstić information content (AvgIpc) is 3.30. The molecule has 0 aliphatic heterocycles. The number of nitrogens with zero attached hydrogens (tertiary/aromatic N) is 2. The number of rotatable bonds is 6. The SMILES string of the molecule is COC(=O)c1ccc(-c2nccn2[C@H](Cc2ccco2)C(=O)O)cc1. The van der Waals surface area contributed by atoms with Gasteiger partial charge in [-0.25, -0.2) is 14.6 Å². The number of carbonyl (C=O) groups excluding carboxylic acids is 1. The number of ether oxygens (including phenoxy) is 1. The van der Waals surface area contributed by atoms with E-state index >= 15 is 0 Å². The molecule has 128 valence electrons. The van der Waals surface area contributed by atoms with Crippen LogP contribution in [-0.4, -0.2) is 33.7 Å². The molecule has 2 aromatic heterocycles. The highest BCUT2D eigenvalue weighted by Crippen LogP contribution is 2.24. The highest BCUT2D eigenvalue weighted by molar-refractivity contribution is 5.89. The van der Waals surface area contributed by atoms with Crippen LogP contribution in [0.4, 0.5) is 0 Å². The standard InChI is InChI=1S/C18H16N2O5/c1-24-18(23)13-6-4-12(5-7-13)16-19-8-9-20(16)15(17(21)22)11-14-3-2-10-25-14/h2-10,15H,11H2,1H3,(H,21,22)/t15-/m1/s1. The van der Waals surface area contributed by atoms with Crippen LogP contribution in [0.3, 0.4) is 0 Å². The number of carbonyl (C=O) groups is 2. The highest BCUT2D eigenvalue weighted by Gasteiger charge is 2.24. The topological polar surface area (TPSA) is 94.6 Å². The van der Waals surface area contributed by atoms with Crippen molar-refractivity contribution in [3.05, 3.63) is 66.4 Å². The van der Waals surface area contributed by atoms with E-state index in [0.717, 1.165) is 0 Å². The van der Waals surface area contributed by atoms with E-state index in [-0.39, 0.29) is 6.42 Å². The molecule has 1 aromatic carbocycles. The van der Waals surface area contributed by atoms with Crippen molar-refractivity contribution in [2.24, 2.45) is 0 Å². The van der Waals surface area contributed by atoms with Crippen LogP contribution < -0.4 is 0 Å². The number of imidazole rings is 1. The molecule has 0 spiro atoms. The van der Waals surface area contributed by atoms with Gasteiger partial charge >= 0.3 is 11.9 Å². The lowest BCUT2D eigenvalue weighted by Crippen LogP contribution is -2.21. The predicted octanol–water partition coefficient (Wildman–Crippen LogP) is 2.80. The number of aliphatic carboxylic acids is 1. The molecule has 2 heterocycles. The molecule has 7 nitrogen and oxygen atoms in total. The van der Waals surface area contributed by atoms with E-state index in [4.69, 9.17) is 4.42 Å². The minimum absolute atomic E-state index is 0.200. The summed E-state index contributed by atoms with van der Waals surface area (Å²) in [6.07, 6.45) is 4.87. The molecule has 1 N–H and O–H groups in total. The second-order valence-electron chi connectivity index (χ2n) is 5.36. The summed E-state index contributed by atoms with van der Waals surface area (Å²) < 4.78 is 11.5. The van der Waals surface area contributed by atoms with Crippen molar-refractivity contribution in [3.63, 3.8) is 0 Å². The zero-order chi connectivity index (χ0) is 17.8. The van der Waals surface area contributed by atoms with Gasteiger partial charge in [-0.05, 0) is 24.3 Å². The maximum atomic E-state index is 11.7. The lowest BCUT2D eigenvalue weighted by atomic mass is 10.1. The molecule has 0 amide bonds. The number of esters is 1. The Bertz CT molecular complexity index is 865. The Hall–Kier alpha value is -3.35. The van der Waals surface area contributed by atoms with Crippen LogP contribution >= 0.6 is 0 Å². The second-order valence-corrected chi connectivity index (χ2v) is 5.36. The fourth-order valence-electron chi connectivity index (χ4n) is 2.59. The van der Waals surface area contributed by atoms with Crippen molar-refractivity contribution < 1.29 is 23.8 Å². The third-order valence-corrected chi connectivity index (χ3v) is 3.83. The number of benzene rings is 1. The Morgan fingerprint density at radius 3 is 2.64 bits per heavy atom. The Morgan fingerprint density at radius 1 is 1.28 bits per heavy atom. The molecule has 25 heavy (non-hydrogen) atoms. The number of furan rings is 1. The van der Waals surface area contributed by atoms with Gasteiger partial charge in [0, 0.05) is 24.4 Å². The van der Waals surface area contributed by atoms with Crippen molar-refractivity contribution in [2.75, 3.05) is 7.11 Å². The van der Waals surface area contributed by atoms with Crippen molar-refractivity contribution >= 4 is 11.9 Å². The quantitative estimate of drug-likeness (QED) is 0.693. The first kappa shape index (κ1) is 16.5. The van der Waals surface area contributed by atoms with Crippen LogP contribution in [0.2, 0.25) is 0 Å². The van der Waals surface area contributed by atoms with Crippen LogP contribution in [0.15, 0.2) is 59.5 Å². The van der Waals surface area contributed by atoms with Gasteiger partial charge in [0.1, 0.15) is 17.6 Å². The summed E-state index contributed by atoms with van der Waals surface area (Å²) in [5, 5.41) is 9.61. The Labute approximate surface area is 143 Å². The van der Waals surface area contributed by atoms with E-state index < -0.39 is 18.0 Å². The van der Waals surface area contributed by atoms with Gasteiger partial charge in [0.2, 0.25) is 0 Å². The van der Waals surface area contributed by atoms with Gasteiger partial charge < -0.3 is 18.8 Å². The monoisotopic (exact) mass is 340 g/mol. The summed E-state index contributed by atoms with van der Waals surface area (Å²) >= 11 is 0. The zero-order valence-electron chi connectivity index (χ0n) is 13.5. The molecule has 0 radical (unpaired) electrons. The number of aromatic nitrogens is 2. The van der Waals surface area contributed by atoms with Crippen LogP contribution in [0.1, 0.15) is 22.2 Å². The summed E-state index contributed by atoms with van der Waals surface area (Å²) in [5.41, 5.74) is 1.11. The number of hydrogen-bond donors (Lipinski definition) is 1. The number of carboxylic acids is 1. The highest BCUT2D eigenvalue weighted by atomic mass is 16.5. The van der Waals surface area contributed by atoms with E-state index in [1.54, 1.807) is 53.4 Å². The van der Waals surface area contributed by atoms with E-state index in [0.29, 0.717) is 22.7 Å². The maximum absolute atomic E-state index is 11.7. The largest absolute Gasteiger partial charge is 0.480 e. The van der Waals surface area contributed by atoms with E-state index in [9.17, 15) is 14.7 Å². The minimum atomic E-state index is -0.984. The molecule has 1 atom stereocenters. The Morgan fingerprint density at radius 2 is 2.04 bits per heavy atom. The van der Waals surface area contributed by atoms with Gasteiger partial charge in [0.05, 0.1) is 18.9 Å². The molecule has 0 saturated carbocycles. The fraction of sp³-hybridized carbons (Fsp3) is 0.167. The summed E-state index contributed by atoms with van der Waals surface area (Å²) in [6.45, 7) is 0. The van der Waals surface area contributed by atoms with Crippen molar-refractivity contribution in [1.29, 1.82) is 0 Å². The van der Waals surface area contributed by atoms with Crippen molar-refractivity contribution in [3.8, 4) is 11.4 Å². The Balaban J connectivity index is 1.93. The molecule has 7 heteroatoms. The van der Waals surface area contributed by atoms with E-state index in [1.165, 1.54) is 13.4 Å². The van der Waals surface area contributed by atoms with Crippen LogP contribution in [0, 0.1) is 0 Å². The van der Waals surface area contributed by atoms with Crippen molar-refractivity contribution in [1.82, 2.24) is 9.55 Å². The molecule has 0 bridgehead atoms. The van der Waals surface area contributed by atoms with E-state index in [1.807, 2.05) is 0 Å².